The number of carbonyl (C=O) groups is 1. The number of nitrogen functional groups attached to an aromatic ring is 1. The molecule has 0 atom stereocenters. The highest BCUT2D eigenvalue weighted by Gasteiger charge is 2.23. The highest BCUT2D eigenvalue weighted by atomic mass is 79.9. The maximum absolute atomic E-state index is 12.7. The van der Waals surface area contributed by atoms with Crippen LogP contribution in [-0.2, 0) is 6.54 Å². The van der Waals surface area contributed by atoms with E-state index in [9.17, 15) is 14.4 Å². The Bertz CT molecular complexity index is 872. The number of hydrogen-bond donors (Lipinski definition) is 2. The minimum absolute atomic E-state index is 0.0138. The molecular formula is C16H19BrN4O3. The van der Waals surface area contributed by atoms with Crippen molar-refractivity contribution in [1.29, 1.82) is 0 Å². The minimum Gasteiger partial charge on any atom is -0.383 e. The second-order valence-corrected chi connectivity index (χ2v) is 6.20. The summed E-state index contributed by atoms with van der Waals surface area (Å²) in [5.41, 5.74) is 5.12. The zero-order chi connectivity index (χ0) is 17.9. The molecular weight excluding hydrogens is 376 g/mol. The van der Waals surface area contributed by atoms with Crippen LogP contribution in [0, 0.1) is 0 Å². The van der Waals surface area contributed by atoms with E-state index in [2.05, 4.69) is 20.9 Å². The Hall–Kier alpha value is -2.35. The Balaban J connectivity index is 2.51. The summed E-state index contributed by atoms with van der Waals surface area (Å²) in [5.74, 6) is -0.416. The molecule has 0 aliphatic carbocycles. The number of H-pyrrole nitrogens is 1. The topological polar surface area (TPSA) is 101 Å². The molecule has 0 saturated heterocycles. The first kappa shape index (κ1) is 18.0. The third-order valence-corrected chi connectivity index (χ3v) is 4.39. The van der Waals surface area contributed by atoms with Gasteiger partial charge in [0, 0.05) is 18.1 Å². The van der Waals surface area contributed by atoms with Crippen LogP contribution in [0.15, 0.2) is 38.3 Å². The molecule has 24 heavy (non-hydrogen) atoms. The quantitative estimate of drug-likeness (QED) is 0.808. The molecule has 1 amide bonds. The Labute approximate surface area is 147 Å². The van der Waals surface area contributed by atoms with Crippen LogP contribution in [0.2, 0.25) is 0 Å². The van der Waals surface area contributed by atoms with E-state index in [-0.39, 0.29) is 11.5 Å². The average molecular weight is 395 g/mol. The fraction of sp³-hybridized carbons (Fsp3) is 0.312. The third kappa shape index (κ3) is 3.43. The third-order valence-electron chi connectivity index (χ3n) is 3.69. The van der Waals surface area contributed by atoms with Crippen LogP contribution in [0.25, 0.3) is 0 Å². The maximum Gasteiger partial charge on any atom is 0.330 e. The monoisotopic (exact) mass is 394 g/mol. The van der Waals surface area contributed by atoms with Gasteiger partial charge in [-0.05, 0) is 34.5 Å². The summed E-state index contributed by atoms with van der Waals surface area (Å²) in [5, 5.41) is 0. The first-order chi connectivity index (χ1) is 11.4. The van der Waals surface area contributed by atoms with E-state index < -0.39 is 17.2 Å². The highest BCUT2D eigenvalue weighted by molar-refractivity contribution is 9.10. The molecule has 7 nitrogen and oxygen atoms in total. The lowest BCUT2D eigenvalue weighted by Gasteiger charge is -2.20. The molecule has 0 spiro atoms. The molecule has 0 aliphatic heterocycles. The molecule has 2 rings (SSSR count). The number of nitrogens with one attached hydrogen (secondary N) is 1. The number of anilines is 2. The van der Waals surface area contributed by atoms with Gasteiger partial charge in [0.1, 0.15) is 5.82 Å². The van der Waals surface area contributed by atoms with Crippen molar-refractivity contribution in [3.05, 3.63) is 55.1 Å². The molecule has 8 heteroatoms. The minimum atomic E-state index is -0.687. The van der Waals surface area contributed by atoms with E-state index in [1.807, 2.05) is 6.92 Å². The lowest BCUT2D eigenvalue weighted by Crippen LogP contribution is -2.39. The Morgan fingerprint density at radius 1 is 1.33 bits per heavy atom. The number of unbranched alkanes of at least 4 members (excludes halogenated alkanes) is 1. The predicted molar refractivity (Wildman–Crippen MR) is 97.5 cm³/mol. The van der Waals surface area contributed by atoms with Gasteiger partial charge in [-0.2, -0.15) is 0 Å². The van der Waals surface area contributed by atoms with Gasteiger partial charge in [-0.15, -0.1) is 0 Å². The van der Waals surface area contributed by atoms with Crippen LogP contribution in [0.3, 0.4) is 0 Å². The molecule has 2 aromatic rings. The molecule has 0 unspecified atom stereocenters. The molecule has 128 valence electrons. The summed E-state index contributed by atoms with van der Waals surface area (Å²) in [7, 11) is 1.46. The normalized spacial score (nSPS) is 10.6. The molecule has 0 saturated carbocycles. The van der Waals surface area contributed by atoms with Crippen LogP contribution in [-0.4, -0.2) is 22.5 Å². The predicted octanol–water partition coefficient (Wildman–Crippen LogP) is 1.96. The van der Waals surface area contributed by atoms with Crippen molar-refractivity contribution < 1.29 is 4.79 Å². The van der Waals surface area contributed by atoms with E-state index in [1.165, 1.54) is 11.6 Å². The molecule has 0 bridgehead atoms. The van der Waals surface area contributed by atoms with E-state index in [0.717, 1.165) is 17.7 Å². The highest BCUT2D eigenvalue weighted by Crippen LogP contribution is 2.22. The van der Waals surface area contributed by atoms with Crippen molar-refractivity contribution in [2.45, 2.75) is 26.3 Å². The van der Waals surface area contributed by atoms with Crippen LogP contribution < -0.4 is 21.9 Å². The summed E-state index contributed by atoms with van der Waals surface area (Å²) in [6.45, 7) is 2.36. The second kappa shape index (κ2) is 7.48. The molecule has 0 fully saturated rings. The lowest BCUT2D eigenvalue weighted by atomic mass is 10.2. The zero-order valence-corrected chi connectivity index (χ0v) is 15.1. The van der Waals surface area contributed by atoms with Gasteiger partial charge in [-0.3, -0.25) is 19.1 Å². The van der Waals surface area contributed by atoms with Crippen LogP contribution >= 0.6 is 15.9 Å². The number of carbonyl (C=O) groups excluding carboxylic acids is 1. The number of hydrogen-bond acceptors (Lipinski definition) is 4. The van der Waals surface area contributed by atoms with Gasteiger partial charge in [-0.25, -0.2) is 4.79 Å². The first-order valence-electron chi connectivity index (χ1n) is 7.53. The molecule has 3 N–H and O–H groups in total. The Morgan fingerprint density at radius 3 is 2.62 bits per heavy atom. The Kier molecular flexibility index (Phi) is 5.61. The zero-order valence-electron chi connectivity index (χ0n) is 13.5. The Morgan fingerprint density at radius 2 is 2.00 bits per heavy atom. The van der Waals surface area contributed by atoms with E-state index >= 15 is 0 Å². The van der Waals surface area contributed by atoms with Crippen molar-refractivity contribution in [1.82, 2.24) is 9.55 Å². The SMILES string of the molecule is CCCCn1c(N)c(N(C)C(=O)c2ccccc2Br)c(=O)[nH]c1=O. The van der Waals surface area contributed by atoms with Gasteiger partial charge in [0.05, 0.1) is 5.56 Å². The summed E-state index contributed by atoms with van der Waals surface area (Å²) in [6, 6.07) is 6.88. The number of aromatic nitrogens is 2. The van der Waals surface area contributed by atoms with Gasteiger partial charge in [0.2, 0.25) is 0 Å². The molecule has 0 radical (unpaired) electrons. The molecule has 1 aromatic heterocycles. The van der Waals surface area contributed by atoms with E-state index in [4.69, 9.17) is 5.73 Å². The van der Waals surface area contributed by atoms with E-state index in [0.29, 0.717) is 16.6 Å². The summed E-state index contributed by atoms with van der Waals surface area (Å²) < 4.78 is 1.89. The van der Waals surface area contributed by atoms with E-state index in [1.54, 1.807) is 24.3 Å². The number of aromatic amines is 1. The average Bonchev–Trinajstić information content (AvgIpc) is 2.54. The van der Waals surface area contributed by atoms with Crippen molar-refractivity contribution in [2.24, 2.45) is 0 Å². The number of rotatable bonds is 5. The van der Waals surface area contributed by atoms with Gasteiger partial charge >= 0.3 is 5.69 Å². The molecule has 0 aliphatic rings. The number of nitrogens with two attached hydrogens (primary N) is 1. The lowest BCUT2D eigenvalue weighted by molar-refractivity contribution is 0.0992. The summed E-state index contributed by atoms with van der Waals surface area (Å²) >= 11 is 3.32. The first-order valence-corrected chi connectivity index (χ1v) is 8.33. The van der Waals surface area contributed by atoms with Gasteiger partial charge in [0.25, 0.3) is 11.5 Å². The summed E-state index contributed by atoms with van der Waals surface area (Å²) in [4.78, 5) is 40.2. The fourth-order valence-electron chi connectivity index (χ4n) is 2.36. The van der Waals surface area contributed by atoms with Gasteiger partial charge < -0.3 is 10.6 Å². The second-order valence-electron chi connectivity index (χ2n) is 5.34. The van der Waals surface area contributed by atoms with Crippen LogP contribution in [0.5, 0.6) is 0 Å². The van der Waals surface area contributed by atoms with Gasteiger partial charge in [-0.1, -0.05) is 25.5 Å². The van der Waals surface area contributed by atoms with Crippen LogP contribution in [0.4, 0.5) is 11.5 Å². The number of benzene rings is 1. The largest absolute Gasteiger partial charge is 0.383 e. The van der Waals surface area contributed by atoms with Crippen molar-refractivity contribution >= 4 is 33.3 Å². The van der Waals surface area contributed by atoms with Crippen molar-refractivity contribution in [3.8, 4) is 0 Å². The van der Waals surface area contributed by atoms with Crippen molar-refractivity contribution in [3.63, 3.8) is 0 Å². The van der Waals surface area contributed by atoms with Gasteiger partial charge in [0.15, 0.2) is 5.69 Å². The molecule has 1 aromatic carbocycles. The maximum atomic E-state index is 12.7. The number of nitrogens with zero attached hydrogens (tertiary/aromatic N) is 2. The summed E-state index contributed by atoms with van der Waals surface area (Å²) in [6.07, 6.45) is 1.60. The van der Waals surface area contributed by atoms with Crippen molar-refractivity contribution in [2.75, 3.05) is 17.7 Å². The van der Waals surface area contributed by atoms with Crippen LogP contribution in [0.1, 0.15) is 30.1 Å². The molecule has 1 heterocycles. The standard InChI is InChI=1S/C16H19BrN4O3/c1-3-4-9-21-13(18)12(14(22)19-16(21)24)20(2)15(23)10-7-5-6-8-11(10)17/h5-8H,3-4,9,18H2,1-2H3,(H,19,22,24). The fourth-order valence-corrected chi connectivity index (χ4v) is 2.81. The smallest absolute Gasteiger partial charge is 0.330 e. The number of halogens is 1. The number of amides is 1.